The van der Waals surface area contributed by atoms with Crippen molar-refractivity contribution in [1.29, 1.82) is 0 Å². The lowest BCUT2D eigenvalue weighted by Gasteiger charge is -2.30. The van der Waals surface area contributed by atoms with Gasteiger partial charge < -0.3 is 25.7 Å². The molecule has 0 aromatic rings. The van der Waals surface area contributed by atoms with Crippen molar-refractivity contribution in [1.82, 2.24) is 0 Å². The van der Waals surface area contributed by atoms with Crippen LogP contribution in [-0.4, -0.2) is 55.2 Å². The van der Waals surface area contributed by atoms with E-state index < -0.39 is 9.28 Å². The molecule has 0 aliphatic heterocycles. The molecule has 0 aliphatic rings. The average Bonchev–Trinajstić information content (AvgIpc) is 2.68. The van der Waals surface area contributed by atoms with Crippen LogP contribution in [-0.2, 0) is 8.85 Å². The zero-order chi connectivity index (χ0) is 20.9. The molecule has 0 unspecified atom stereocenters. The van der Waals surface area contributed by atoms with Crippen LogP contribution in [0.1, 0.15) is 110 Å². The first-order valence-electron chi connectivity index (χ1n) is 12.3. The smallest absolute Gasteiger partial charge is 0.384 e. The van der Waals surface area contributed by atoms with Gasteiger partial charge in [-0.2, -0.15) is 0 Å². The molecule has 0 fully saturated rings. The minimum atomic E-state index is -0.963. The van der Waals surface area contributed by atoms with Crippen molar-refractivity contribution in [3.63, 3.8) is 0 Å². The third-order valence-corrected chi connectivity index (χ3v) is 7.64. The summed E-state index contributed by atoms with van der Waals surface area (Å²) >= 11 is 0. The van der Waals surface area contributed by atoms with Crippen molar-refractivity contribution in [2.24, 2.45) is 0 Å². The Balaban J connectivity index is 0. The van der Waals surface area contributed by atoms with Gasteiger partial charge in [0.15, 0.2) is 0 Å². The number of quaternary nitrogens is 1. The van der Waals surface area contributed by atoms with Crippen LogP contribution in [0.4, 0.5) is 0 Å². The molecule has 0 bridgehead atoms. The Hall–Kier alpha value is 0.387. The van der Waals surface area contributed by atoms with Crippen LogP contribution in [0.5, 0.6) is 0 Å². The molecule has 0 saturated carbocycles. The Bertz CT molecular complexity index is 315. The second kappa shape index (κ2) is 23.1. The zero-order valence-corrected chi connectivity index (χ0v) is 22.3. The van der Waals surface area contributed by atoms with Gasteiger partial charge in [0.05, 0.1) is 27.2 Å². The minimum Gasteiger partial charge on any atom is -1.00 e. The van der Waals surface area contributed by atoms with Crippen LogP contribution in [0.15, 0.2) is 0 Å². The summed E-state index contributed by atoms with van der Waals surface area (Å²) in [6.07, 6.45) is 22.5. The molecule has 177 valence electrons. The molecule has 0 heterocycles. The summed E-state index contributed by atoms with van der Waals surface area (Å²) in [6, 6.07) is 1.13. The lowest BCUT2D eigenvalue weighted by molar-refractivity contribution is -0.890. The SMILES string of the molecule is CCCCCCCCCCCC[N+](C)(C)CCCCCCCC[Si](OC)OC.[Cl-]. The molecule has 0 N–H and O–H groups in total. The monoisotopic (exact) mass is 450 g/mol. The third kappa shape index (κ3) is 22.9. The summed E-state index contributed by atoms with van der Waals surface area (Å²) in [6.45, 7) is 5.00. The van der Waals surface area contributed by atoms with Crippen LogP contribution >= 0.6 is 0 Å². The normalized spacial score (nSPS) is 11.8. The van der Waals surface area contributed by atoms with E-state index in [1.54, 1.807) is 14.2 Å². The highest BCUT2D eigenvalue weighted by molar-refractivity contribution is 6.44. The molecule has 0 aromatic carbocycles. The van der Waals surface area contributed by atoms with Crippen LogP contribution in [0.25, 0.3) is 0 Å². The molecule has 0 aromatic heterocycles. The first-order valence-corrected chi connectivity index (χ1v) is 13.8. The fourth-order valence-electron chi connectivity index (χ4n) is 3.94. The van der Waals surface area contributed by atoms with Crippen LogP contribution in [0, 0.1) is 0 Å². The second-order valence-corrected chi connectivity index (χ2v) is 11.3. The fourth-order valence-corrected chi connectivity index (χ4v) is 5.06. The third-order valence-electron chi connectivity index (χ3n) is 5.97. The Kier molecular flexibility index (Phi) is 25.1. The summed E-state index contributed by atoms with van der Waals surface area (Å²) in [5.41, 5.74) is 0. The predicted octanol–water partition coefficient (Wildman–Crippen LogP) is 4.11. The van der Waals surface area contributed by atoms with Crippen molar-refractivity contribution >= 4 is 9.28 Å². The van der Waals surface area contributed by atoms with E-state index in [1.807, 2.05) is 0 Å². The van der Waals surface area contributed by atoms with Gasteiger partial charge in [0.1, 0.15) is 0 Å². The van der Waals surface area contributed by atoms with Gasteiger partial charge >= 0.3 is 9.28 Å². The summed E-state index contributed by atoms with van der Waals surface area (Å²) in [5, 5.41) is 0. The van der Waals surface area contributed by atoms with E-state index in [2.05, 4.69) is 21.0 Å². The van der Waals surface area contributed by atoms with E-state index in [0.29, 0.717) is 0 Å². The average molecular weight is 451 g/mol. The van der Waals surface area contributed by atoms with E-state index in [-0.39, 0.29) is 12.4 Å². The molecular formula is C24H53ClNO2Si. The maximum absolute atomic E-state index is 5.34. The fraction of sp³-hybridized carbons (Fsp3) is 1.00. The maximum atomic E-state index is 5.34. The van der Waals surface area contributed by atoms with Gasteiger partial charge in [-0.1, -0.05) is 84.0 Å². The molecule has 0 amide bonds. The van der Waals surface area contributed by atoms with Crippen molar-refractivity contribution in [3.05, 3.63) is 0 Å². The van der Waals surface area contributed by atoms with Gasteiger partial charge in [-0.05, 0) is 31.7 Å². The summed E-state index contributed by atoms with van der Waals surface area (Å²) < 4.78 is 11.9. The molecule has 0 saturated heterocycles. The minimum absolute atomic E-state index is 0. The van der Waals surface area contributed by atoms with Crippen molar-refractivity contribution in [2.75, 3.05) is 41.4 Å². The number of nitrogens with zero attached hydrogens (tertiary/aromatic N) is 1. The second-order valence-electron chi connectivity index (χ2n) is 9.22. The van der Waals surface area contributed by atoms with Gasteiger partial charge in [-0.3, -0.25) is 0 Å². The van der Waals surface area contributed by atoms with E-state index >= 15 is 0 Å². The van der Waals surface area contributed by atoms with E-state index in [0.717, 1.165) is 6.04 Å². The van der Waals surface area contributed by atoms with Crippen molar-refractivity contribution in [2.45, 2.75) is 116 Å². The Labute approximate surface area is 192 Å². The Morgan fingerprint density at radius 1 is 0.552 bits per heavy atom. The van der Waals surface area contributed by atoms with Crippen molar-refractivity contribution < 1.29 is 25.7 Å². The van der Waals surface area contributed by atoms with Gasteiger partial charge in [0.25, 0.3) is 0 Å². The Morgan fingerprint density at radius 2 is 0.897 bits per heavy atom. The topological polar surface area (TPSA) is 18.5 Å². The number of hydrogen-bond acceptors (Lipinski definition) is 2. The summed E-state index contributed by atoms with van der Waals surface area (Å²) in [7, 11) is 7.43. The highest BCUT2D eigenvalue weighted by Crippen LogP contribution is 2.14. The molecule has 5 heteroatoms. The molecule has 29 heavy (non-hydrogen) atoms. The van der Waals surface area contributed by atoms with Crippen LogP contribution in [0.2, 0.25) is 6.04 Å². The molecule has 0 atom stereocenters. The van der Waals surface area contributed by atoms with Gasteiger partial charge in [-0.15, -0.1) is 0 Å². The van der Waals surface area contributed by atoms with Crippen LogP contribution < -0.4 is 12.4 Å². The highest BCUT2D eigenvalue weighted by Gasteiger charge is 2.14. The van der Waals surface area contributed by atoms with Gasteiger partial charge in [-0.25, -0.2) is 0 Å². The zero-order valence-electron chi connectivity index (χ0n) is 20.6. The maximum Gasteiger partial charge on any atom is 0.384 e. The molecular weight excluding hydrogens is 398 g/mol. The van der Waals surface area contributed by atoms with E-state index in [4.69, 9.17) is 8.85 Å². The first kappa shape index (κ1) is 31.6. The molecule has 1 radical (unpaired) electrons. The standard InChI is InChI=1S/C24H53NO2Si.ClH/c1-6-7-8-9-10-11-12-13-16-19-22-25(2,3)23-20-17-14-15-18-21-24-28(26-4)27-5;/h6-24H2,1-5H3;1H/q+1;/p-1. The summed E-state index contributed by atoms with van der Waals surface area (Å²) in [4.78, 5) is 0. The molecule has 0 spiro atoms. The predicted molar refractivity (Wildman–Crippen MR) is 126 cm³/mol. The quantitative estimate of drug-likeness (QED) is 0.140. The van der Waals surface area contributed by atoms with Crippen molar-refractivity contribution in [3.8, 4) is 0 Å². The molecule has 0 rings (SSSR count). The van der Waals surface area contributed by atoms with Gasteiger partial charge in [0.2, 0.25) is 0 Å². The van der Waals surface area contributed by atoms with E-state index in [9.17, 15) is 0 Å². The first-order chi connectivity index (χ1) is 13.6. The lowest BCUT2D eigenvalue weighted by atomic mass is 10.1. The number of halogens is 1. The summed E-state index contributed by atoms with van der Waals surface area (Å²) in [5.74, 6) is 0. The highest BCUT2D eigenvalue weighted by atomic mass is 35.5. The number of unbranched alkanes of at least 4 members (excludes halogenated alkanes) is 14. The number of rotatable bonds is 22. The number of hydrogen-bond donors (Lipinski definition) is 0. The molecule has 3 nitrogen and oxygen atoms in total. The Morgan fingerprint density at radius 3 is 1.28 bits per heavy atom. The van der Waals surface area contributed by atoms with Crippen LogP contribution in [0.3, 0.4) is 0 Å². The molecule has 0 aliphatic carbocycles. The lowest BCUT2D eigenvalue weighted by Crippen LogP contribution is -3.00. The largest absolute Gasteiger partial charge is 1.00 e. The van der Waals surface area contributed by atoms with E-state index in [1.165, 1.54) is 120 Å². The van der Waals surface area contributed by atoms with Gasteiger partial charge in [0, 0.05) is 14.2 Å².